The molecule has 1 rings (SSSR count). The highest BCUT2D eigenvalue weighted by Gasteiger charge is 2.40. The van der Waals surface area contributed by atoms with Crippen LogP contribution in [-0.2, 0) is 9.84 Å². The van der Waals surface area contributed by atoms with Gasteiger partial charge in [0.2, 0.25) is 0 Å². The molecule has 1 heterocycles. The Hall–Kier alpha value is -0.310. The quantitative estimate of drug-likeness (QED) is 0.244. The van der Waals surface area contributed by atoms with Gasteiger partial charge in [-0.25, -0.2) is 8.42 Å². The van der Waals surface area contributed by atoms with E-state index in [1.807, 2.05) is 19.9 Å². The Morgan fingerprint density at radius 2 is 2.10 bits per heavy atom. The molecule has 1 aliphatic rings. The predicted octanol–water partition coefficient (Wildman–Crippen LogP) is 2.05. The highest BCUT2D eigenvalue weighted by atomic mass is 127. The number of guanidine groups is 1. The largest absolute Gasteiger partial charge is 0.357 e. The van der Waals surface area contributed by atoms with Crippen molar-refractivity contribution < 1.29 is 8.42 Å². The standard InChI is InChI=1S/C14H27N3O2S.HI/c1-5-7-8-9-16-13(15-6-2)17-10-11-20(18,19)14(3,4)12-17;/h5,7H,6,8-12H2,1-4H3,(H,15,16);1H/b7-5+;. The van der Waals surface area contributed by atoms with Crippen molar-refractivity contribution in [1.29, 1.82) is 0 Å². The van der Waals surface area contributed by atoms with Crippen LogP contribution >= 0.6 is 24.0 Å². The fourth-order valence-electron chi connectivity index (χ4n) is 2.16. The summed E-state index contributed by atoms with van der Waals surface area (Å²) in [7, 11) is -3.01. The SMILES string of the molecule is C/C=C/CCN=C(NCC)N1CCS(=O)(=O)C(C)(C)C1.I. The first-order valence-corrected chi connectivity index (χ1v) is 8.86. The third-order valence-electron chi connectivity index (χ3n) is 3.47. The first kappa shape index (κ1) is 20.7. The minimum atomic E-state index is -3.01. The van der Waals surface area contributed by atoms with Gasteiger partial charge in [-0.1, -0.05) is 12.2 Å². The number of hydrogen-bond acceptors (Lipinski definition) is 3. The average molecular weight is 429 g/mol. The van der Waals surface area contributed by atoms with Gasteiger partial charge < -0.3 is 10.2 Å². The zero-order valence-electron chi connectivity index (χ0n) is 13.4. The Morgan fingerprint density at radius 3 is 2.62 bits per heavy atom. The van der Waals surface area contributed by atoms with Gasteiger partial charge in [0.25, 0.3) is 0 Å². The average Bonchev–Trinajstić information content (AvgIpc) is 2.37. The lowest BCUT2D eigenvalue weighted by Gasteiger charge is -2.39. The summed E-state index contributed by atoms with van der Waals surface area (Å²) in [6.07, 6.45) is 5.00. The van der Waals surface area contributed by atoms with Crippen molar-refractivity contribution in [2.24, 2.45) is 4.99 Å². The van der Waals surface area contributed by atoms with E-state index >= 15 is 0 Å². The zero-order valence-corrected chi connectivity index (χ0v) is 16.6. The smallest absolute Gasteiger partial charge is 0.194 e. The lowest BCUT2D eigenvalue weighted by molar-refractivity contribution is 0.353. The summed E-state index contributed by atoms with van der Waals surface area (Å²) < 4.78 is 23.3. The molecule has 1 fully saturated rings. The lowest BCUT2D eigenvalue weighted by atomic mass is 10.2. The van der Waals surface area contributed by atoms with Crippen molar-refractivity contribution in [2.45, 2.75) is 38.9 Å². The number of hydrogen-bond donors (Lipinski definition) is 1. The molecule has 0 unspecified atom stereocenters. The second-order valence-electron chi connectivity index (χ2n) is 5.59. The summed E-state index contributed by atoms with van der Waals surface area (Å²) in [5.74, 6) is 1.01. The van der Waals surface area contributed by atoms with E-state index in [2.05, 4.69) is 21.3 Å². The monoisotopic (exact) mass is 429 g/mol. The Kier molecular flexibility index (Phi) is 8.84. The molecule has 7 heteroatoms. The summed E-state index contributed by atoms with van der Waals surface area (Å²) in [4.78, 5) is 6.63. The van der Waals surface area contributed by atoms with Crippen molar-refractivity contribution in [2.75, 3.05) is 31.9 Å². The van der Waals surface area contributed by atoms with Crippen LogP contribution in [0.3, 0.4) is 0 Å². The molecule has 0 aliphatic carbocycles. The molecule has 0 atom stereocenters. The number of halogens is 1. The minimum Gasteiger partial charge on any atom is -0.357 e. The topological polar surface area (TPSA) is 61.8 Å². The number of rotatable bonds is 4. The van der Waals surface area contributed by atoms with Crippen LogP contribution in [0.5, 0.6) is 0 Å². The third kappa shape index (κ3) is 5.77. The van der Waals surface area contributed by atoms with Crippen molar-refractivity contribution in [3.8, 4) is 0 Å². The maximum absolute atomic E-state index is 12.0. The molecule has 0 aromatic rings. The summed E-state index contributed by atoms with van der Waals surface area (Å²) in [6.45, 7) is 10.1. The number of aliphatic imine (C=N–C) groups is 1. The molecular formula is C14H28IN3O2S. The molecule has 0 amide bonds. The lowest BCUT2D eigenvalue weighted by Crippen LogP contribution is -2.57. The van der Waals surface area contributed by atoms with Gasteiger partial charge in [-0.05, 0) is 34.1 Å². The molecule has 0 spiro atoms. The number of sulfone groups is 1. The number of nitrogens with one attached hydrogen (secondary N) is 1. The van der Waals surface area contributed by atoms with Crippen LogP contribution in [0.1, 0.15) is 34.1 Å². The van der Waals surface area contributed by atoms with Crippen molar-refractivity contribution >= 4 is 39.8 Å². The van der Waals surface area contributed by atoms with Crippen molar-refractivity contribution in [3.05, 3.63) is 12.2 Å². The van der Waals surface area contributed by atoms with E-state index in [9.17, 15) is 8.42 Å². The van der Waals surface area contributed by atoms with Crippen LogP contribution in [-0.4, -0.2) is 56.0 Å². The van der Waals surface area contributed by atoms with Crippen LogP contribution in [0, 0.1) is 0 Å². The predicted molar refractivity (Wildman–Crippen MR) is 100 cm³/mol. The zero-order chi connectivity index (χ0) is 15.2. The fourth-order valence-corrected chi connectivity index (χ4v) is 3.53. The molecule has 0 saturated carbocycles. The van der Waals surface area contributed by atoms with E-state index < -0.39 is 14.6 Å². The summed E-state index contributed by atoms with van der Waals surface area (Å²) >= 11 is 0. The van der Waals surface area contributed by atoms with Crippen LogP contribution < -0.4 is 5.32 Å². The second-order valence-corrected chi connectivity index (χ2v) is 8.34. The van der Waals surface area contributed by atoms with Gasteiger partial charge in [0.05, 0.1) is 10.5 Å². The van der Waals surface area contributed by atoms with Crippen molar-refractivity contribution in [1.82, 2.24) is 10.2 Å². The van der Waals surface area contributed by atoms with E-state index in [1.165, 1.54) is 0 Å². The van der Waals surface area contributed by atoms with Gasteiger partial charge in [-0.2, -0.15) is 0 Å². The highest BCUT2D eigenvalue weighted by Crippen LogP contribution is 2.23. The summed E-state index contributed by atoms with van der Waals surface area (Å²) in [5, 5.41) is 3.25. The Balaban J connectivity index is 0.00000400. The van der Waals surface area contributed by atoms with Gasteiger partial charge in [0.1, 0.15) is 0 Å². The Bertz CT molecular complexity index is 473. The molecule has 124 valence electrons. The number of allylic oxidation sites excluding steroid dienone is 1. The molecule has 0 aromatic heterocycles. The molecule has 21 heavy (non-hydrogen) atoms. The van der Waals surface area contributed by atoms with E-state index in [0.29, 0.717) is 13.1 Å². The fraction of sp³-hybridized carbons (Fsp3) is 0.786. The van der Waals surface area contributed by atoms with Crippen molar-refractivity contribution in [3.63, 3.8) is 0 Å². The molecule has 5 nitrogen and oxygen atoms in total. The Morgan fingerprint density at radius 1 is 1.43 bits per heavy atom. The summed E-state index contributed by atoms with van der Waals surface area (Å²) in [5.41, 5.74) is 0. The second kappa shape index (κ2) is 8.97. The maximum Gasteiger partial charge on any atom is 0.194 e. The maximum atomic E-state index is 12.0. The minimum absolute atomic E-state index is 0. The Labute approximate surface area is 146 Å². The van der Waals surface area contributed by atoms with Crippen LogP contribution in [0.15, 0.2) is 17.1 Å². The van der Waals surface area contributed by atoms with E-state index in [0.717, 1.165) is 25.5 Å². The molecule has 0 bridgehead atoms. The van der Waals surface area contributed by atoms with Gasteiger partial charge >= 0.3 is 0 Å². The molecule has 1 N–H and O–H groups in total. The van der Waals surface area contributed by atoms with Gasteiger partial charge in [0.15, 0.2) is 15.8 Å². The first-order chi connectivity index (χ1) is 9.34. The molecule has 0 radical (unpaired) electrons. The molecular weight excluding hydrogens is 401 g/mol. The molecule has 0 aromatic carbocycles. The normalized spacial score (nSPS) is 21.1. The van der Waals surface area contributed by atoms with Crippen LogP contribution in [0.4, 0.5) is 0 Å². The van der Waals surface area contributed by atoms with E-state index in [1.54, 1.807) is 13.8 Å². The first-order valence-electron chi connectivity index (χ1n) is 7.21. The summed E-state index contributed by atoms with van der Waals surface area (Å²) in [6, 6.07) is 0. The highest BCUT2D eigenvalue weighted by molar-refractivity contribution is 14.0. The van der Waals surface area contributed by atoms with Gasteiger partial charge in [-0.3, -0.25) is 4.99 Å². The third-order valence-corrected chi connectivity index (χ3v) is 6.00. The van der Waals surface area contributed by atoms with E-state index in [-0.39, 0.29) is 29.7 Å². The molecule has 1 aliphatic heterocycles. The van der Waals surface area contributed by atoms with Gasteiger partial charge in [-0.15, -0.1) is 24.0 Å². The van der Waals surface area contributed by atoms with E-state index in [4.69, 9.17) is 0 Å². The van der Waals surface area contributed by atoms with Gasteiger partial charge in [0, 0.05) is 26.2 Å². The van der Waals surface area contributed by atoms with Crippen LogP contribution in [0.2, 0.25) is 0 Å². The number of nitrogens with zero attached hydrogens (tertiary/aromatic N) is 2. The van der Waals surface area contributed by atoms with Crippen LogP contribution in [0.25, 0.3) is 0 Å². The molecule has 1 saturated heterocycles.